The molecule has 0 aromatic heterocycles. The Labute approximate surface area is 149 Å². The maximum absolute atomic E-state index is 5.72. The van der Waals surface area contributed by atoms with E-state index in [4.69, 9.17) is 4.74 Å². The summed E-state index contributed by atoms with van der Waals surface area (Å²) in [5.74, 6) is 0. The zero-order chi connectivity index (χ0) is 15.3. The summed E-state index contributed by atoms with van der Waals surface area (Å²) in [4.78, 5) is 0. The molecule has 3 aromatic rings. The molecule has 0 bridgehead atoms. The molecule has 0 aliphatic carbocycles. The molecule has 0 aliphatic rings. The number of benzene rings is 3. The van der Waals surface area contributed by atoms with Gasteiger partial charge in [-0.3, -0.25) is 0 Å². The Kier molecular flexibility index (Phi) is 6.53. The first kappa shape index (κ1) is 17.9. The zero-order valence-electron chi connectivity index (χ0n) is 13.1. The quantitative estimate of drug-likeness (QED) is 0.597. The van der Waals surface area contributed by atoms with E-state index in [9.17, 15) is 0 Å². The Balaban J connectivity index is 0.00000192. The molecular formula is C20H21BrOP+. The van der Waals surface area contributed by atoms with Gasteiger partial charge < -0.3 is 4.74 Å². The molecule has 0 aliphatic heterocycles. The van der Waals surface area contributed by atoms with Crippen molar-refractivity contribution in [2.45, 2.75) is 0 Å². The van der Waals surface area contributed by atoms with Gasteiger partial charge in [-0.1, -0.05) is 54.6 Å². The van der Waals surface area contributed by atoms with Crippen molar-refractivity contribution in [3.8, 4) is 0 Å². The second-order valence-corrected chi connectivity index (χ2v) is 8.66. The highest BCUT2D eigenvalue weighted by atomic mass is 79.9. The van der Waals surface area contributed by atoms with Crippen LogP contribution in [0.3, 0.4) is 0 Å². The van der Waals surface area contributed by atoms with Gasteiger partial charge in [-0.05, 0) is 36.4 Å². The smallest absolute Gasteiger partial charge is 0.170 e. The van der Waals surface area contributed by atoms with Crippen LogP contribution in [0.5, 0.6) is 0 Å². The van der Waals surface area contributed by atoms with Crippen LogP contribution in [-0.4, -0.2) is 13.5 Å². The molecule has 0 radical (unpaired) electrons. The monoisotopic (exact) mass is 387 g/mol. The van der Waals surface area contributed by atoms with E-state index in [2.05, 4.69) is 91.0 Å². The normalized spacial score (nSPS) is 10.8. The molecule has 0 spiro atoms. The van der Waals surface area contributed by atoms with Gasteiger partial charge in [-0.25, -0.2) is 0 Å². The van der Waals surface area contributed by atoms with Crippen molar-refractivity contribution < 1.29 is 4.74 Å². The first-order chi connectivity index (χ1) is 10.9. The lowest BCUT2D eigenvalue weighted by atomic mass is 10.4. The lowest BCUT2D eigenvalue weighted by Crippen LogP contribution is -2.33. The Morgan fingerprint density at radius 2 is 0.913 bits per heavy atom. The first-order valence-corrected chi connectivity index (χ1v) is 9.39. The fraction of sp³-hybridized carbons (Fsp3) is 0.100. The molecule has 3 heteroatoms. The number of hydrogen-bond donors (Lipinski definition) is 0. The van der Waals surface area contributed by atoms with Gasteiger partial charge in [-0.2, -0.15) is 0 Å². The third-order valence-electron chi connectivity index (χ3n) is 3.91. The fourth-order valence-corrected chi connectivity index (χ4v) is 6.68. The highest BCUT2D eigenvalue weighted by molar-refractivity contribution is 8.93. The number of halogens is 1. The summed E-state index contributed by atoms with van der Waals surface area (Å²) in [6.45, 7) is 0. The standard InChI is InChI=1S/C20H20OP.BrH/c1-21-17-22(18-11-5-2-6-12-18,19-13-7-3-8-14-19)20-15-9-4-10-16-20;/h2-16H,17H2,1H3;1H/q+1;. The van der Waals surface area contributed by atoms with E-state index in [0.29, 0.717) is 6.35 Å². The van der Waals surface area contributed by atoms with E-state index in [1.807, 2.05) is 0 Å². The van der Waals surface area contributed by atoms with Crippen molar-refractivity contribution in [1.29, 1.82) is 0 Å². The number of methoxy groups -OCH3 is 1. The van der Waals surface area contributed by atoms with Crippen LogP contribution in [0.4, 0.5) is 0 Å². The third kappa shape index (κ3) is 3.55. The van der Waals surface area contributed by atoms with Crippen molar-refractivity contribution in [3.63, 3.8) is 0 Å². The highest BCUT2D eigenvalue weighted by Crippen LogP contribution is 2.54. The summed E-state index contributed by atoms with van der Waals surface area (Å²) in [6.07, 6.45) is 0.713. The summed E-state index contributed by atoms with van der Waals surface area (Å²) < 4.78 is 5.72. The molecule has 0 amide bonds. The maximum atomic E-state index is 5.72. The SMILES string of the molecule is Br.COC[P+](c1ccccc1)(c1ccccc1)c1ccccc1. The molecule has 0 saturated heterocycles. The van der Waals surface area contributed by atoms with Gasteiger partial charge in [0.2, 0.25) is 0 Å². The highest BCUT2D eigenvalue weighted by Gasteiger charge is 2.45. The Morgan fingerprint density at radius 1 is 0.609 bits per heavy atom. The minimum Gasteiger partial charge on any atom is -0.348 e. The average molecular weight is 388 g/mol. The van der Waals surface area contributed by atoms with Crippen LogP contribution >= 0.6 is 24.2 Å². The van der Waals surface area contributed by atoms with Gasteiger partial charge in [0.05, 0.1) is 0 Å². The second-order valence-electron chi connectivity index (χ2n) is 5.23. The minimum atomic E-state index is -1.78. The maximum Gasteiger partial charge on any atom is 0.170 e. The summed E-state index contributed by atoms with van der Waals surface area (Å²) in [6, 6.07) is 32.3. The number of hydrogen-bond acceptors (Lipinski definition) is 1. The van der Waals surface area contributed by atoms with Crippen LogP contribution in [0.2, 0.25) is 0 Å². The van der Waals surface area contributed by atoms with E-state index in [-0.39, 0.29) is 17.0 Å². The van der Waals surface area contributed by atoms with Gasteiger partial charge >= 0.3 is 0 Å². The Bertz CT molecular complexity index is 605. The molecule has 1 nitrogen and oxygen atoms in total. The predicted molar refractivity (Wildman–Crippen MR) is 107 cm³/mol. The van der Waals surface area contributed by atoms with E-state index in [1.54, 1.807) is 7.11 Å². The van der Waals surface area contributed by atoms with Gasteiger partial charge in [0.1, 0.15) is 23.2 Å². The Morgan fingerprint density at radius 3 is 1.17 bits per heavy atom. The van der Waals surface area contributed by atoms with Crippen molar-refractivity contribution in [2.24, 2.45) is 0 Å². The molecule has 118 valence electrons. The molecule has 0 N–H and O–H groups in total. The van der Waals surface area contributed by atoms with Crippen LogP contribution < -0.4 is 15.9 Å². The molecule has 3 rings (SSSR count). The largest absolute Gasteiger partial charge is 0.348 e. The molecule has 0 heterocycles. The van der Waals surface area contributed by atoms with E-state index in [0.717, 1.165) is 0 Å². The number of ether oxygens (including phenoxy) is 1. The molecule has 3 aromatic carbocycles. The molecular weight excluding hydrogens is 367 g/mol. The van der Waals surface area contributed by atoms with Crippen LogP contribution in [-0.2, 0) is 4.74 Å². The van der Waals surface area contributed by atoms with E-state index < -0.39 is 7.26 Å². The van der Waals surface area contributed by atoms with Crippen LogP contribution in [0.15, 0.2) is 91.0 Å². The van der Waals surface area contributed by atoms with E-state index in [1.165, 1.54) is 15.9 Å². The molecule has 0 unspecified atom stereocenters. The number of rotatable bonds is 5. The van der Waals surface area contributed by atoms with Gasteiger partial charge in [-0.15, -0.1) is 17.0 Å². The van der Waals surface area contributed by atoms with Crippen molar-refractivity contribution in [3.05, 3.63) is 91.0 Å². The summed E-state index contributed by atoms with van der Waals surface area (Å²) in [7, 11) is 0.0197. The summed E-state index contributed by atoms with van der Waals surface area (Å²) >= 11 is 0. The lowest BCUT2D eigenvalue weighted by molar-refractivity contribution is 0.255. The zero-order valence-corrected chi connectivity index (χ0v) is 15.7. The van der Waals surface area contributed by atoms with Gasteiger partial charge in [0.15, 0.2) is 6.35 Å². The topological polar surface area (TPSA) is 9.23 Å². The third-order valence-corrected chi connectivity index (χ3v) is 8.10. The summed E-state index contributed by atoms with van der Waals surface area (Å²) in [5, 5.41) is 4.07. The van der Waals surface area contributed by atoms with Crippen molar-refractivity contribution in [2.75, 3.05) is 13.5 Å². The van der Waals surface area contributed by atoms with Crippen molar-refractivity contribution >= 4 is 40.2 Å². The van der Waals surface area contributed by atoms with E-state index >= 15 is 0 Å². The van der Waals surface area contributed by atoms with Crippen LogP contribution in [0.25, 0.3) is 0 Å². The average Bonchev–Trinajstić information content (AvgIpc) is 2.62. The van der Waals surface area contributed by atoms with Crippen LogP contribution in [0, 0.1) is 0 Å². The molecule has 0 saturated carbocycles. The lowest BCUT2D eigenvalue weighted by Gasteiger charge is -2.26. The minimum absolute atomic E-state index is 0. The van der Waals surface area contributed by atoms with Gasteiger partial charge in [0, 0.05) is 7.11 Å². The molecule has 23 heavy (non-hydrogen) atoms. The first-order valence-electron chi connectivity index (χ1n) is 7.42. The Hall–Kier alpha value is -1.47. The molecule has 0 atom stereocenters. The summed E-state index contributed by atoms with van der Waals surface area (Å²) in [5.41, 5.74) is 0. The second kappa shape index (κ2) is 8.40. The van der Waals surface area contributed by atoms with Crippen molar-refractivity contribution in [1.82, 2.24) is 0 Å². The predicted octanol–water partition coefficient (Wildman–Crippen LogP) is 4.16. The molecule has 0 fully saturated rings. The fourth-order valence-electron chi connectivity index (χ4n) is 2.91. The van der Waals surface area contributed by atoms with Gasteiger partial charge in [0.25, 0.3) is 0 Å². The van der Waals surface area contributed by atoms with Crippen LogP contribution in [0.1, 0.15) is 0 Å².